The maximum absolute atomic E-state index is 10.5. The van der Waals surface area contributed by atoms with Gasteiger partial charge in [0, 0.05) is 9.45 Å². The van der Waals surface area contributed by atoms with E-state index >= 15 is 0 Å². The van der Waals surface area contributed by atoms with E-state index in [1.54, 1.807) is 0 Å². The summed E-state index contributed by atoms with van der Waals surface area (Å²) in [6, 6.07) is 0. The molecule has 0 saturated heterocycles. The SMILES string of the molecule is NC1=CC=C(C(=O)O)S1=S(=O)=O. The molecule has 1 unspecified atom stereocenters. The lowest BCUT2D eigenvalue weighted by Gasteiger charge is -1.96. The van der Waals surface area contributed by atoms with Gasteiger partial charge in [0.15, 0.2) is 0 Å². The Kier molecular flexibility index (Phi) is 2.34. The number of rotatable bonds is 1. The zero-order valence-corrected chi connectivity index (χ0v) is 7.35. The van der Waals surface area contributed by atoms with Crippen LogP contribution in [0.1, 0.15) is 0 Å². The van der Waals surface area contributed by atoms with Crippen LogP contribution in [0.2, 0.25) is 0 Å². The average Bonchev–Trinajstić information content (AvgIpc) is 2.30. The molecule has 1 rings (SSSR count). The van der Waals surface area contributed by atoms with Crippen molar-refractivity contribution in [3.05, 3.63) is 22.1 Å². The Hall–Kier alpha value is -1.08. The predicted molar refractivity (Wildman–Crippen MR) is 44.3 cm³/mol. The van der Waals surface area contributed by atoms with Crippen molar-refractivity contribution in [1.82, 2.24) is 0 Å². The lowest BCUT2D eigenvalue weighted by atomic mass is 10.5. The van der Waals surface area contributed by atoms with Gasteiger partial charge in [-0.3, -0.25) is 0 Å². The Morgan fingerprint density at radius 1 is 1.50 bits per heavy atom. The Labute approximate surface area is 71.3 Å². The molecule has 7 heteroatoms. The molecule has 5 nitrogen and oxygen atoms in total. The summed E-state index contributed by atoms with van der Waals surface area (Å²) in [7, 11) is -3.96. The number of nitrogens with two attached hydrogens (primary N) is 1. The first kappa shape index (κ1) is 9.01. The van der Waals surface area contributed by atoms with Crippen LogP contribution in [0.15, 0.2) is 22.1 Å². The van der Waals surface area contributed by atoms with E-state index in [1.165, 1.54) is 12.2 Å². The Morgan fingerprint density at radius 2 is 2.08 bits per heavy atom. The van der Waals surface area contributed by atoms with Crippen molar-refractivity contribution in [2.45, 2.75) is 0 Å². The number of carboxylic acids is 1. The first-order valence-electron chi connectivity index (χ1n) is 2.79. The lowest BCUT2D eigenvalue weighted by Crippen LogP contribution is -2.09. The van der Waals surface area contributed by atoms with E-state index in [2.05, 4.69) is 0 Å². The van der Waals surface area contributed by atoms with E-state index < -0.39 is 24.7 Å². The molecule has 1 heterocycles. The highest BCUT2D eigenvalue weighted by molar-refractivity contribution is 8.38. The molecule has 0 spiro atoms. The standard InChI is InChI=1S/C5H5NO4S2/c6-4-2-1-3(5(7)8)11(4)12(9)10/h1-2H,6H2,(H,7,8). The smallest absolute Gasteiger partial charge is 0.343 e. The minimum Gasteiger partial charge on any atom is -0.477 e. The molecule has 0 amide bonds. The fraction of sp³-hybridized carbons (Fsp3) is 0. The third kappa shape index (κ3) is 1.41. The van der Waals surface area contributed by atoms with Crippen molar-refractivity contribution >= 4 is 24.7 Å². The van der Waals surface area contributed by atoms with E-state index in [4.69, 9.17) is 10.8 Å². The van der Waals surface area contributed by atoms with Crippen LogP contribution in [0, 0.1) is 0 Å². The van der Waals surface area contributed by atoms with Gasteiger partial charge in [-0.25, -0.2) is 4.79 Å². The van der Waals surface area contributed by atoms with Crippen molar-refractivity contribution in [2.75, 3.05) is 0 Å². The van der Waals surface area contributed by atoms with E-state index in [9.17, 15) is 13.2 Å². The van der Waals surface area contributed by atoms with Crippen LogP contribution in [0.4, 0.5) is 0 Å². The number of hydrogen-bond acceptors (Lipinski definition) is 4. The summed E-state index contributed by atoms with van der Waals surface area (Å²) in [5, 5.41) is 8.60. The van der Waals surface area contributed by atoms with Gasteiger partial charge in [0.25, 0.3) is 9.26 Å². The predicted octanol–water partition coefficient (Wildman–Crippen LogP) is -0.819. The van der Waals surface area contributed by atoms with E-state index in [0.717, 1.165) is 0 Å². The number of carbonyl (C=O) groups is 1. The highest BCUT2D eigenvalue weighted by Crippen LogP contribution is 2.17. The van der Waals surface area contributed by atoms with Crippen LogP contribution in [0.3, 0.4) is 0 Å². The third-order valence-electron chi connectivity index (χ3n) is 1.16. The molecule has 0 bridgehead atoms. The zero-order valence-electron chi connectivity index (χ0n) is 5.72. The van der Waals surface area contributed by atoms with Crippen molar-refractivity contribution in [2.24, 2.45) is 5.73 Å². The molecule has 0 radical (unpaired) electrons. The maximum atomic E-state index is 10.5. The molecule has 0 aromatic heterocycles. The second-order valence-electron chi connectivity index (χ2n) is 1.88. The minimum atomic E-state index is -2.49. The van der Waals surface area contributed by atoms with Crippen LogP contribution < -0.4 is 5.73 Å². The molecule has 1 aliphatic rings. The summed E-state index contributed by atoms with van der Waals surface area (Å²) >= 11 is 0. The summed E-state index contributed by atoms with van der Waals surface area (Å²) in [6.45, 7) is 0. The highest BCUT2D eigenvalue weighted by Gasteiger charge is 2.20. The number of allylic oxidation sites excluding steroid dienone is 2. The number of aliphatic carboxylic acids is 1. The molecule has 1 atom stereocenters. The van der Waals surface area contributed by atoms with Gasteiger partial charge in [0.05, 0.1) is 5.03 Å². The van der Waals surface area contributed by atoms with Crippen molar-refractivity contribution in [3.8, 4) is 0 Å². The van der Waals surface area contributed by atoms with Crippen LogP contribution >= 0.6 is 0 Å². The van der Waals surface area contributed by atoms with Gasteiger partial charge in [-0.2, -0.15) is 8.42 Å². The number of hydrogen-bond donors (Lipinski definition) is 2. The summed E-state index contributed by atoms with van der Waals surface area (Å²) in [4.78, 5) is 10.3. The van der Waals surface area contributed by atoms with Gasteiger partial charge in [-0.05, 0) is 12.2 Å². The molecule has 0 aromatic carbocycles. The van der Waals surface area contributed by atoms with Gasteiger partial charge in [-0.15, -0.1) is 0 Å². The summed E-state index contributed by atoms with van der Waals surface area (Å²) in [6.07, 6.45) is 2.50. The van der Waals surface area contributed by atoms with E-state index in [1.807, 2.05) is 0 Å². The van der Waals surface area contributed by atoms with Gasteiger partial charge in [-0.1, -0.05) is 0 Å². The van der Waals surface area contributed by atoms with Crippen molar-refractivity contribution < 1.29 is 18.3 Å². The largest absolute Gasteiger partial charge is 0.477 e. The monoisotopic (exact) mass is 207 g/mol. The summed E-state index contributed by atoms with van der Waals surface area (Å²) in [5.74, 6) is -1.25. The molecular weight excluding hydrogens is 202 g/mol. The zero-order chi connectivity index (χ0) is 9.30. The molecule has 0 fully saturated rings. The summed E-state index contributed by atoms with van der Waals surface area (Å²) in [5.41, 5.74) is 5.27. The second-order valence-corrected chi connectivity index (χ2v) is 5.55. The summed E-state index contributed by atoms with van der Waals surface area (Å²) < 4.78 is 21.0. The van der Waals surface area contributed by atoms with Crippen LogP contribution in [-0.2, 0) is 23.5 Å². The molecule has 0 saturated carbocycles. The highest BCUT2D eigenvalue weighted by atomic mass is 32.9. The third-order valence-corrected chi connectivity index (χ3v) is 4.64. The molecule has 1 aliphatic heterocycles. The molecule has 66 valence electrons. The van der Waals surface area contributed by atoms with Crippen LogP contribution in [-0.4, -0.2) is 19.5 Å². The topological polar surface area (TPSA) is 97.5 Å². The van der Waals surface area contributed by atoms with Crippen molar-refractivity contribution in [3.63, 3.8) is 0 Å². The van der Waals surface area contributed by atoms with Crippen molar-refractivity contribution in [1.29, 1.82) is 0 Å². The molecular formula is C5H5NO4S2. The number of carboxylic acid groups (broad SMARTS) is 1. The van der Waals surface area contributed by atoms with Crippen LogP contribution in [0.25, 0.3) is 0 Å². The van der Waals surface area contributed by atoms with Gasteiger partial charge < -0.3 is 10.8 Å². The Morgan fingerprint density at radius 3 is 2.42 bits per heavy atom. The van der Waals surface area contributed by atoms with E-state index in [-0.39, 0.29) is 9.93 Å². The normalized spacial score (nSPS) is 21.5. The van der Waals surface area contributed by atoms with Crippen LogP contribution in [0.5, 0.6) is 0 Å². The maximum Gasteiger partial charge on any atom is 0.343 e. The second kappa shape index (κ2) is 3.11. The van der Waals surface area contributed by atoms with E-state index in [0.29, 0.717) is 0 Å². The van der Waals surface area contributed by atoms with Gasteiger partial charge >= 0.3 is 5.97 Å². The Balaban J connectivity index is 3.34. The molecule has 0 aromatic rings. The first-order chi connectivity index (χ1) is 5.54. The quantitative estimate of drug-likeness (QED) is 0.585. The first-order valence-corrected chi connectivity index (χ1v) is 5.60. The lowest BCUT2D eigenvalue weighted by molar-refractivity contribution is -0.131. The minimum absolute atomic E-state index is 0.0701. The fourth-order valence-electron chi connectivity index (χ4n) is 0.711. The van der Waals surface area contributed by atoms with Gasteiger partial charge in [0.1, 0.15) is 4.91 Å². The fourth-order valence-corrected chi connectivity index (χ4v) is 3.27. The Bertz CT molecular complexity index is 420. The average molecular weight is 207 g/mol. The molecule has 12 heavy (non-hydrogen) atoms. The molecule has 3 N–H and O–H groups in total. The van der Waals surface area contributed by atoms with Gasteiger partial charge in [0.2, 0.25) is 0 Å². The molecule has 0 aliphatic carbocycles.